The topological polar surface area (TPSA) is 107 Å². The SMILES string of the molecule is Cc1n[nH]c(C)c1S(=O)(=O)n1ccc(N)n1. The molecule has 0 aliphatic rings. The highest BCUT2D eigenvalue weighted by atomic mass is 32.2. The number of hydrogen-bond acceptors (Lipinski definition) is 5. The molecule has 16 heavy (non-hydrogen) atoms. The Kier molecular flexibility index (Phi) is 2.23. The van der Waals surface area contributed by atoms with Crippen LogP contribution in [0.15, 0.2) is 17.2 Å². The van der Waals surface area contributed by atoms with Crippen molar-refractivity contribution in [3.8, 4) is 0 Å². The van der Waals surface area contributed by atoms with Crippen LogP contribution in [0, 0.1) is 13.8 Å². The average Bonchev–Trinajstić information content (AvgIpc) is 2.74. The van der Waals surface area contributed by atoms with Crippen molar-refractivity contribution < 1.29 is 8.42 Å². The van der Waals surface area contributed by atoms with E-state index in [4.69, 9.17) is 5.73 Å². The van der Waals surface area contributed by atoms with Gasteiger partial charge in [-0.1, -0.05) is 0 Å². The van der Waals surface area contributed by atoms with Crippen LogP contribution in [0.2, 0.25) is 0 Å². The first-order valence-corrected chi connectivity index (χ1v) is 5.95. The number of nitrogens with two attached hydrogens (primary N) is 1. The molecule has 0 radical (unpaired) electrons. The molecule has 0 aliphatic carbocycles. The molecule has 8 heteroatoms. The van der Waals surface area contributed by atoms with Crippen LogP contribution in [0.3, 0.4) is 0 Å². The van der Waals surface area contributed by atoms with Gasteiger partial charge in [-0.25, -0.2) is 0 Å². The molecule has 0 aliphatic heterocycles. The lowest BCUT2D eigenvalue weighted by Gasteiger charge is -2.03. The Morgan fingerprint density at radius 2 is 2.12 bits per heavy atom. The van der Waals surface area contributed by atoms with Gasteiger partial charge in [0, 0.05) is 12.3 Å². The van der Waals surface area contributed by atoms with Crippen LogP contribution in [0.25, 0.3) is 0 Å². The molecular formula is C8H11N5O2S. The van der Waals surface area contributed by atoms with Gasteiger partial charge in [-0.05, 0) is 13.8 Å². The Bertz CT molecular complexity index is 605. The minimum Gasteiger partial charge on any atom is -0.382 e. The molecule has 2 aromatic rings. The van der Waals surface area contributed by atoms with Crippen LogP contribution >= 0.6 is 0 Å². The molecule has 2 aromatic heterocycles. The lowest BCUT2D eigenvalue weighted by molar-refractivity contribution is 0.579. The zero-order valence-corrected chi connectivity index (χ0v) is 9.61. The van der Waals surface area contributed by atoms with Crippen molar-refractivity contribution in [3.05, 3.63) is 23.7 Å². The monoisotopic (exact) mass is 241 g/mol. The predicted molar refractivity (Wildman–Crippen MR) is 57.3 cm³/mol. The Labute approximate surface area is 92.3 Å². The molecular weight excluding hydrogens is 230 g/mol. The van der Waals surface area contributed by atoms with Gasteiger partial charge in [0.05, 0.1) is 11.4 Å². The van der Waals surface area contributed by atoms with Crippen molar-refractivity contribution in [2.45, 2.75) is 18.7 Å². The number of aromatic nitrogens is 4. The van der Waals surface area contributed by atoms with E-state index in [1.54, 1.807) is 13.8 Å². The van der Waals surface area contributed by atoms with E-state index in [0.29, 0.717) is 11.4 Å². The minimum absolute atomic E-state index is 0.135. The van der Waals surface area contributed by atoms with Crippen molar-refractivity contribution in [2.75, 3.05) is 5.73 Å². The lowest BCUT2D eigenvalue weighted by Crippen LogP contribution is -2.15. The standard InChI is InChI=1S/C8H11N5O2S/c1-5-8(6(2)11-10-5)16(14,15)13-4-3-7(9)12-13/h3-4H,1-2H3,(H2,9,12)(H,10,11). The number of aromatic amines is 1. The lowest BCUT2D eigenvalue weighted by atomic mass is 10.4. The second-order valence-corrected chi connectivity index (χ2v) is 5.11. The first-order valence-electron chi connectivity index (χ1n) is 4.51. The fourth-order valence-electron chi connectivity index (χ4n) is 1.47. The molecule has 0 unspecified atom stereocenters. The summed E-state index contributed by atoms with van der Waals surface area (Å²) >= 11 is 0. The van der Waals surface area contributed by atoms with Crippen molar-refractivity contribution in [2.24, 2.45) is 0 Å². The first-order chi connectivity index (χ1) is 7.43. The van der Waals surface area contributed by atoms with Gasteiger partial charge in [0.15, 0.2) is 0 Å². The fourth-order valence-corrected chi connectivity index (χ4v) is 2.93. The van der Waals surface area contributed by atoms with E-state index < -0.39 is 10.0 Å². The Morgan fingerprint density at radius 3 is 2.56 bits per heavy atom. The van der Waals surface area contributed by atoms with Crippen LogP contribution in [-0.4, -0.2) is 27.8 Å². The third kappa shape index (κ3) is 1.47. The van der Waals surface area contributed by atoms with Crippen LogP contribution in [0.4, 0.5) is 5.82 Å². The maximum absolute atomic E-state index is 12.1. The number of rotatable bonds is 2. The van der Waals surface area contributed by atoms with Gasteiger partial charge in [0.1, 0.15) is 10.7 Å². The van der Waals surface area contributed by atoms with E-state index in [-0.39, 0.29) is 10.7 Å². The molecule has 0 aromatic carbocycles. The third-order valence-corrected chi connectivity index (χ3v) is 3.96. The van der Waals surface area contributed by atoms with E-state index in [1.165, 1.54) is 12.3 Å². The molecule has 0 amide bonds. The summed E-state index contributed by atoms with van der Waals surface area (Å²) in [6.45, 7) is 3.25. The van der Waals surface area contributed by atoms with E-state index in [0.717, 1.165) is 4.09 Å². The number of nitrogens with zero attached hydrogens (tertiary/aromatic N) is 3. The van der Waals surface area contributed by atoms with Gasteiger partial charge in [0.2, 0.25) is 0 Å². The molecule has 3 N–H and O–H groups in total. The minimum atomic E-state index is -3.70. The number of anilines is 1. The van der Waals surface area contributed by atoms with Crippen LogP contribution in [0.5, 0.6) is 0 Å². The zero-order chi connectivity index (χ0) is 11.9. The summed E-state index contributed by atoms with van der Waals surface area (Å²) in [7, 11) is -3.70. The predicted octanol–water partition coefficient (Wildman–Crippen LogP) is 0.0422. The van der Waals surface area contributed by atoms with Gasteiger partial charge in [-0.3, -0.25) is 5.10 Å². The molecule has 0 atom stereocenters. The van der Waals surface area contributed by atoms with Gasteiger partial charge in [-0.2, -0.15) is 17.6 Å². The maximum atomic E-state index is 12.1. The Morgan fingerprint density at radius 1 is 1.44 bits per heavy atom. The molecule has 0 saturated carbocycles. The molecule has 86 valence electrons. The van der Waals surface area contributed by atoms with Crippen molar-refractivity contribution in [3.63, 3.8) is 0 Å². The number of H-pyrrole nitrogens is 1. The molecule has 0 fully saturated rings. The number of aryl methyl sites for hydroxylation is 2. The van der Waals surface area contributed by atoms with Crippen LogP contribution in [0.1, 0.15) is 11.4 Å². The largest absolute Gasteiger partial charge is 0.382 e. The highest BCUT2D eigenvalue weighted by Gasteiger charge is 2.24. The van der Waals surface area contributed by atoms with Crippen molar-refractivity contribution in [1.82, 2.24) is 19.4 Å². The molecule has 2 heterocycles. The highest BCUT2D eigenvalue weighted by Crippen LogP contribution is 2.19. The first kappa shape index (κ1) is 10.7. The quantitative estimate of drug-likeness (QED) is 0.772. The molecule has 7 nitrogen and oxygen atoms in total. The van der Waals surface area contributed by atoms with Crippen molar-refractivity contribution >= 4 is 15.8 Å². The summed E-state index contributed by atoms with van der Waals surface area (Å²) in [6.07, 6.45) is 1.30. The number of hydrogen-bond donors (Lipinski definition) is 2. The second-order valence-electron chi connectivity index (χ2n) is 3.38. The van der Waals surface area contributed by atoms with Gasteiger partial charge in [0.25, 0.3) is 10.0 Å². The average molecular weight is 241 g/mol. The number of nitrogens with one attached hydrogen (secondary N) is 1. The second kappa shape index (κ2) is 3.34. The zero-order valence-electron chi connectivity index (χ0n) is 8.80. The maximum Gasteiger partial charge on any atom is 0.286 e. The summed E-state index contributed by atoms with van der Waals surface area (Å²) in [5.74, 6) is 0.155. The Balaban J connectivity index is 2.64. The van der Waals surface area contributed by atoms with E-state index in [9.17, 15) is 8.42 Å². The highest BCUT2D eigenvalue weighted by molar-refractivity contribution is 7.90. The third-order valence-electron chi connectivity index (χ3n) is 2.15. The van der Waals surface area contributed by atoms with E-state index in [2.05, 4.69) is 15.3 Å². The smallest absolute Gasteiger partial charge is 0.286 e. The summed E-state index contributed by atoms with van der Waals surface area (Å²) in [4.78, 5) is 0.135. The van der Waals surface area contributed by atoms with Gasteiger partial charge < -0.3 is 5.73 Å². The molecule has 2 rings (SSSR count). The molecule has 0 spiro atoms. The van der Waals surface area contributed by atoms with Crippen molar-refractivity contribution in [1.29, 1.82) is 0 Å². The van der Waals surface area contributed by atoms with Crippen LogP contribution in [-0.2, 0) is 10.0 Å². The summed E-state index contributed by atoms with van der Waals surface area (Å²) in [5.41, 5.74) is 6.27. The van der Waals surface area contributed by atoms with Crippen LogP contribution < -0.4 is 5.73 Å². The number of nitrogen functional groups attached to an aromatic ring is 1. The summed E-state index contributed by atoms with van der Waals surface area (Å²) in [6, 6.07) is 1.42. The van der Waals surface area contributed by atoms with E-state index in [1.807, 2.05) is 0 Å². The molecule has 0 bridgehead atoms. The van der Waals surface area contributed by atoms with Gasteiger partial charge >= 0.3 is 0 Å². The summed E-state index contributed by atoms with van der Waals surface area (Å²) in [5, 5.41) is 10.1. The fraction of sp³-hybridized carbons (Fsp3) is 0.250. The summed E-state index contributed by atoms with van der Waals surface area (Å²) < 4.78 is 25.1. The molecule has 0 saturated heterocycles. The van der Waals surface area contributed by atoms with Gasteiger partial charge in [-0.15, -0.1) is 5.10 Å². The van der Waals surface area contributed by atoms with E-state index >= 15 is 0 Å². The normalized spacial score (nSPS) is 11.9. The Hall–Kier alpha value is -1.83.